The van der Waals surface area contributed by atoms with Gasteiger partial charge >= 0.3 is 5.97 Å². The Morgan fingerprint density at radius 3 is 3.00 bits per heavy atom. The van der Waals surface area contributed by atoms with Gasteiger partial charge in [-0.1, -0.05) is 12.0 Å². The SMILES string of the molecule is C#CC(C)OC(=O)c1cccc(-n2cccn2)c1. The number of carbonyl (C=O) groups excluding carboxylic acids is 1. The van der Waals surface area contributed by atoms with Crippen molar-refractivity contribution in [2.24, 2.45) is 0 Å². The number of esters is 1. The largest absolute Gasteiger partial charge is 0.446 e. The summed E-state index contributed by atoms with van der Waals surface area (Å²) < 4.78 is 6.72. The second-order valence-corrected chi connectivity index (χ2v) is 3.72. The van der Waals surface area contributed by atoms with Gasteiger partial charge in [0.25, 0.3) is 0 Å². The number of aromatic nitrogens is 2. The van der Waals surface area contributed by atoms with Crippen molar-refractivity contribution in [3.8, 4) is 18.0 Å². The van der Waals surface area contributed by atoms with Gasteiger partial charge in [0.1, 0.15) is 0 Å². The monoisotopic (exact) mass is 240 g/mol. The van der Waals surface area contributed by atoms with Crippen LogP contribution in [0.1, 0.15) is 17.3 Å². The fourth-order valence-corrected chi connectivity index (χ4v) is 1.46. The van der Waals surface area contributed by atoms with Gasteiger partial charge < -0.3 is 4.74 Å². The standard InChI is InChI=1S/C14H12N2O2/c1-3-11(2)18-14(17)12-6-4-7-13(10-12)16-9-5-8-15-16/h1,4-11H,2H3. The van der Waals surface area contributed by atoms with Crippen LogP contribution in [0.4, 0.5) is 0 Å². The van der Waals surface area contributed by atoms with Gasteiger partial charge in [-0.2, -0.15) is 5.10 Å². The Balaban J connectivity index is 2.23. The van der Waals surface area contributed by atoms with E-state index in [2.05, 4.69) is 11.0 Å². The average molecular weight is 240 g/mol. The maximum atomic E-state index is 11.8. The maximum Gasteiger partial charge on any atom is 0.339 e. The Kier molecular flexibility index (Phi) is 3.44. The number of hydrogen-bond acceptors (Lipinski definition) is 3. The van der Waals surface area contributed by atoms with E-state index < -0.39 is 12.1 Å². The summed E-state index contributed by atoms with van der Waals surface area (Å²) in [4.78, 5) is 11.8. The molecule has 1 unspecified atom stereocenters. The predicted octanol–water partition coefficient (Wildman–Crippen LogP) is 2.05. The molecular formula is C14H12N2O2. The first-order chi connectivity index (χ1) is 8.70. The van der Waals surface area contributed by atoms with Crippen LogP contribution in [0.25, 0.3) is 5.69 Å². The van der Waals surface area contributed by atoms with Crippen molar-refractivity contribution in [3.05, 3.63) is 48.3 Å². The highest BCUT2D eigenvalue weighted by atomic mass is 16.5. The van der Waals surface area contributed by atoms with Crippen molar-refractivity contribution in [1.29, 1.82) is 0 Å². The molecule has 90 valence electrons. The first-order valence-corrected chi connectivity index (χ1v) is 5.48. The van der Waals surface area contributed by atoms with Crippen molar-refractivity contribution in [3.63, 3.8) is 0 Å². The van der Waals surface area contributed by atoms with E-state index in [1.54, 1.807) is 42.2 Å². The lowest BCUT2D eigenvalue weighted by molar-refractivity contribution is 0.0439. The van der Waals surface area contributed by atoms with Crippen molar-refractivity contribution < 1.29 is 9.53 Å². The molecule has 4 nitrogen and oxygen atoms in total. The Labute approximate surface area is 105 Å². The highest BCUT2D eigenvalue weighted by Crippen LogP contribution is 2.11. The lowest BCUT2D eigenvalue weighted by atomic mass is 10.2. The number of hydrogen-bond donors (Lipinski definition) is 0. The lowest BCUT2D eigenvalue weighted by Crippen LogP contribution is -2.13. The van der Waals surface area contributed by atoms with Gasteiger partial charge in [0.05, 0.1) is 11.3 Å². The van der Waals surface area contributed by atoms with Gasteiger partial charge in [-0.05, 0) is 31.2 Å². The molecule has 18 heavy (non-hydrogen) atoms. The molecule has 0 aliphatic carbocycles. The molecule has 0 aliphatic heterocycles. The van der Waals surface area contributed by atoms with Gasteiger partial charge in [-0.15, -0.1) is 6.42 Å². The molecule has 0 N–H and O–H groups in total. The second-order valence-electron chi connectivity index (χ2n) is 3.72. The Morgan fingerprint density at radius 2 is 2.33 bits per heavy atom. The average Bonchev–Trinajstić information content (AvgIpc) is 2.92. The molecule has 0 aliphatic rings. The van der Waals surface area contributed by atoms with Crippen LogP contribution in [0.5, 0.6) is 0 Å². The van der Waals surface area contributed by atoms with Gasteiger partial charge in [-0.25, -0.2) is 9.48 Å². The number of nitrogens with zero attached hydrogens (tertiary/aromatic N) is 2. The van der Waals surface area contributed by atoms with E-state index in [0.717, 1.165) is 5.69 Å². The minimum absolute atomic E-state index is 0.436. The molecule has 0 saturated carbocycles. The van der Waals surface area contributed by atoms with Crippen molar-refractivity contribution in [1.82, 2.24) is 9.78 Å². The quantitative estimate of drug-likeness (QED) is 0.609. The van der Waals surface area contributed by atoms with Crippen LogP contribution < -0.4 is 0 Å². The summed E-state index contributed by atoms with van der Waals surface area (Å²) in [6, 6.07) is 8.82. The molecule has 2 rings (SSSR count). The van der Waals surface area contributed by atoms with Crippen LogP contribution in [0.2, 0.25) is 0 Å². The smallest absolute Gasteiger partial charge is 0.339 e. The molecular weight excluding hydrogens is 228 g/mol. The minimum Gasteiger partial charge on any atom is -0.446 e. The number of ether oxygens (including phenoxy) is 1. The normalized spacial score (nSPS) is 11.6. The van der Waals surface area contributed by atoms with Crippen LogP contribution in [-0.4, -0.2) is 21.9 Å². The summed E-state index contributed by atoms with van der Waals surface area (Å²) in [5, 5.41) is 4.10. The fraction of sp³-hybridized carbons (Fsp3) is 0.143. The van der Waals surface area contributed by atoms with Crippen LogP contribution in [0.15, 0.2) is 42.7 Å². The molecule has 4 heteroatoms. The Morgan fingerprint density at radius 1 is 1.50 bits per heavy atom. The van der Waals surface area contributed by atoms with Gasteiger partial charge in [-0.3, -0.25) is 0 Å². The molecule has 0 fully saturated rings. The molecule has 1 aromatic carbocycles. The zero-order valence-electron chi connectivity index (χ0n) is 9.91. The van der Waals surface area contributed by atoms with Gasteiger partial charge in [0, 0.05) is 12.4 Å². The predicted molar refractivity (Wildman–Crippen MR) is 67.3 cm³/mol. The van der Waals surface area contributed by atoms with E-state index >= 15 is 0 Å². The zero-order valence-corrected chi connectivity index (χ0v) is 9.91. The molecule has 0 saturated heterocycles. The molecule has 0 spiro atoms. The molecule has 1 heterocycles. The summed E-state index contributed by atoms with van der Waals surface area (Å²) >= 11 is 0. The van der Waals surface area contributed by atoms with E-state index in [9.17, 15) is 4.79 Å². The third-order valence-electron chi connectivity index (χ3n) is 2.37. The summed E-state index contributed by atoms with van der Waals surface area (Å²) in [5.41, 5.74) is 1.24. The summed E-state index contributed by atoms with van der Waals surface area (Å²) in [5.74, 6) is 1.91. The fourth-order valence-electron chi connectivity index (χ4n) is 1.46. The summed E-state index contributed by atoms with van der Waals surface area (Å²) in [6.07, 6.45) is 8.10. The minimum atomic E-state index is -0.536. The van der Waals surface area contributed by atoms with E-state index in [1.807, 2.05) is 12.1 Å². The van der Waals surface area contributed by atoms with Crippen LogP contribution in [0.3, 0.4) is 0 Å². The molecule has 1 atom stereocenters. The van der Waals surface area contributed by atoms with E-state index in [1.165, 1.54) is 0 Å². The first-order valence-electron chi connectivity index (χ1n) is 5.48. The highest BCUT2D eigenvalue weighted by molar-refractivity contribution is 5.90. The van der Waals surface area contributed by atoms with E-state index in [4.69, 9.17) is 11.2 Å². The van der Waals surface area contributed by atoms with Crippen molar-refractivity contribution >= 4 is 5.97 Å². The number of terminal acetylenes is 1. The summed E-state index contributed by atoms with van der Waals surface area (Å²) in [6.45, 7) is 1.65. The van der Waals surface area contributed by atoms with Crippen molar-refractivity contribution in [2.45, 2.75) is 13.0 Å². The van der Waals surface area contributed by atoms with Gasteiger partial charge in [0.2, 0.25) is 0 Å². The third-order valence-corrected chi connectivity index (χ3v) is 2.37. The van der Waals surface area contributed by atoms with E-state index in [-0.39, 0.29) is 0 Å². The molecule has 1 aromatic heterocycles. The lowest BCUT2D eigenvalue weighted by Gasteiger charge is -2.08. The topological polar surface area (TPSA) is 44.1 Å². The van der Waals surface area contributed by atoms with Crippen LogP contribution in [0, 0.1) is 12.3 Å². The van der Waals surface area contributed by atoms with Crippen molar-refractivity contribution in [2.75, 3.05) is 0 Å². The Hall–Kier alpha value is -2.54. The molecule has 0 amide bonds. The third kappa shape index (κ3) is 2.58. The van der Waals surface area contributed by atoms with Crippen LogP contribution >= 0.6 is 0 Å². The second kappa shape index (κ2) is 5.19. The first kappa shape index (κ1) is 11.9. The highest BCUT2D eigenvalue weighted by Gasteiger charge is 2.11. The molecule has 0 bridgehead atoms. The zero-order chi connectivity index (χ0) is 13.0. The Bertz CT molecular complexity index is 582. The van der Waals surface area contributed by atoms with Gasteiger partial charge in [0.15, 0.2) is 6.10 Å². The number of carbonyl (C=O) groups is 1. The molecule has 2 aromatic rings. The van der Waals surface area contributed by atoms with E-state index in [0.29, 0.717) is 5.56 Å². The maximum absolute atomic E-state index is 11.8. The number of rotatable bonds is 3. The number of benzene rings is 1. The molecule has 0 radical (unpaired) electrons. The van der Waals surface area contributed by atoms with Crippen LogP contribution in [-0.2, 0) is 4.74 Å². The summed E-state index contributed by atoms with van der Waals surface area (Å²) in [7, 11) is 0.